The molecule has 6 atom stereocenters. The van der Waals surface area contributed by atoms with Crippen LogP contribution in [0.3, 0.4) is 0 Å². The molecule has 2 fully saturated rings. The van der Waals surface area contributed by atoms with Gasteiger partial charge in [0.15, 0.2) is 0 Å². The van der Waals surface area contributed by atoms with E-state index in [1.165, 1.54) is 25.7 Å². The first kappa shape index (κ1) is 12.4. The summed E-state index contributed by atoms with van der Waals surface area (Å²) in [6, 6.07) is 0. The van der Waals surface area contributed by atoms with Gasteiger partial charge in [-0.3, -0.25) is 0 Å². The monoisotopic (exact) mass is 226 g/mol. The minimum atomic E-state index is -0.523. The van der Waals surface area contributed by atoms with Crippen molar-refractivity contribution in [1.82, 2.24) is 0 Å². The number of hydrogen-bond acceptors (Lipinski definition) is 0. The molecule has 1 heteroatoms. The summed E-state index contributed by atoms with van der Waals surface area (Å²) >= 11 is 0. The lowest BCUT2D eigenvalue weighted by molar-refractivity contribution is 0.0587. The van der Waals surface area contributed by atoms with E-state index in [9.17, 15) is 4.39 Å². The van der Waals surface area contributed by atoms with Crippen molar-refractivity contribution >= 4 is 0 Å². The van der Waals surface area contributed by atoms with E-state index in [4.69, 9.17) is 0 Å². The minimum Gasteiger partial charge on any atom is -0.247 e. The molecule has 0 bridgehead atoms. The van der Waals surface area contributed by atoms with Gasteiger partial charge in [0.2, 0.25) is 0 Å². The number of halogens is 1. The van der Waals surface area contributed by atoms with E-state index in [-0.39, 0.29) is 0 Å². The maximum Gasteiger partial charge on any atom is 0.103 e. The molecule has 2 saturated carbocycles. The lowest BCUT2D eigenvalue weighted by Gasteiger charge is -2.41. The van der Waals surface area contributed by atoms with Crippen LogP contribution in [0.1, 0.15) is 59.3 Å². The van der Waals surface area contributed by atoms with Crippen LogP contribution in [0.5, 0.6) is 0 Å². The Morgan fingerprint density at radius 2 is 1.56 bits per heavy atom. The van der Waals surface area contributed by atoms with E-state index in [0.29, 0.717) is 11.8 Å². The van der Waals surface area contributed by atoms with Crippen LogP contribution in [0.4, 0.5) is 4.39 Å². The van der Waals surface area contributed by atoms with Gasteiger partial charge in [-0.2, -0.15) is 0 Å². The standard InChI is InChI=1S/C15H27F/c1-10-4-7-14(12(3)8-10)13-6-5-11(2)15(16)9-13/h10-15H,4-9H2,1-3H3. The van der Waals surface area contributed by atoms with Gasteiger partial charge in [-0.25, -0.2) is 4.39 Å². The average Bonchev–Trinajstić information content (AvgIpc) is 2.22. The van der Waals surface area contributed by atoms with E-state index < -0.39 is 6.17 Å². The third kappa shape index (κ3) is 2.60. The molecule has 0 spiro atoms. The van der Waals surface area contributed by atoms with Gasteiger partial charge in [0, 0.05) is 0 Å². The van der Waals surface area contributed by atoms with Gasteiger partial charge in [-0.15, -0.1) is 0 Å². The van der Waals surface area contributed by atoms with Gasteiger partial charge >= 0.3 is 0 Å². The normalized spacial score (nSPS) is 50.2. The Balaban J connectivity index is 1.92. The zero-order chi connectivity index (χ0) is 11.7. The van der Waals surface area contributed by atoms with Crippen LogP contribution in [0, 0.1) is 29.6 Å². The third-order valence-corrected chi connectivity index (χ3v) is 5.24. The van der Waals surface area contributed by atoms with Crippen LogP contribution >= 0.6 is 0 Å². The molecule has 6 unspecified atom stereocenters. The summed E-state index contributed by atoms with van der Waals surface area (Å²) in [7, 11) is 0. The van der Waals surface area contributed by atoms with Gasteiger partial charge < -0.3 is 0 Å². The molecule has 0 aromatic rings. The second-order valence-corrected chi connectivity index (χ2v) is 6.63. The summed E-state index contributed by atoms with van der Waals surface area (Å²) in [5, 5.41) is 0. The largest absolute Gasteiger partial charge is 0.247 e. The Hall–Kier alpha value is -0.0700. The lowest BCUT2D eigenvalue weighted by atomic mass is 9.65. The first-order valence-electron chi connectivity index (χ1n) is 7.22. The fourth-order valence-corrected chi connectivity index (χ4v) is 4.08. The second-order valence-electron chi connectivity index (χ2n) is 6.63. The fraction of sp³-hybridized carbons (Fsp3) is 1.00. The van der Waals surface area contributed by atoms with Crippen molar-refractivity contribution < 1.29 is 4.39 Å². The predicted octanol–water partition coefficient (Wildman–Crippen LogP) is 4.83. The van der Waals surface area contributed by atoms with E-state index >= 15 is 0 Å². The molecular formula is C15H27F. The number of hydrogen-bond donors (Lipinski definition) is 0. The quantitative estimate of drug-likeness (QED) is 0.600. The topological polar surface area (TPSA) is 0 Å². The van der Waals surface area contributed by atoms with Crippen LogP contribution in [0.2, 0.25) is 0 Å². The van der Waals surface area contributed by atoms with Crippen molar-refractivity contribution in [2.45, 2.75) is 65.5 Å². The summed E-state index contributed by atoms with van der Waals surface area (Å²) < 4.78 is 13.8. The van der Waals surface area contributed by atoms with Gasteiger partial charge in [-0.05, 0) is 61.7 Å². The average molecular weight is 226 g/mol. The van der Waals surface area contributed by atoms with Crippen LogP contribution < -0.4 is 0 Å². The SMILES string of the molecule is CC1CCC(C2CCC(C)C(F)C2)C(C)C1. The Kier molecular flexibility index (Phi) is 3.92. The molecule has 2 rings (SSSR count). The summed E-state index contributed by atoms with van der Waals surface area (Å²) in [5.74, 6) is 3.55. The molecule has 0 N–H and O–H groups in total. The maximum absolute atomic E-state index is 13.8. The van der Waals surface area contributed by atoms with Crippen molar-refractivity contribution in [2.75, 3.05) is 0 Å². The second kappa shape index (κ2) is 5.06. The van der Waals surface area contributed by atoms with Crippen LogP contribution in [0.15, 0.2) is 0 Å². The maximum atomic E-state index is 13.8. The predicted molar refractivity (Wildman–Crippen MR) is 67.1 cm³/mol. The number of alkyl halides is 1. The Bertz CT molecular complexity index is 225. The molecule has 2 aliphatic carbocycles. The van der Waals surface area contributed by atoms with Gasteiger partial charge in [0.1, 0.15) is 6.17 Å². The highest BCUT2D eigenvalue weighted by molar-refractivity contribution is 4.86. The summed E-state index contributed by atoms with van der Waals surface area (Å²) in [5.41, 5.74) is 0. The van der Waals surface area contributed by atoms with E-state index in [0.717, 1.165) is 30.6 Å². The van der Waals surface area contributed by atoms with Gasteiger partial charge in [0.05, 0.1) is 0 Å². The van der Waals surface area contributed by atoms with Gasteiger partial charge in [-0.1, -0.05) is 27.2 Å². The third-order valence-electron chi connectivity index (χ3n) is 5.24. The zero-order valence-corrected chi connectivity index (χ0v) is 11.1. The van der Waals surface area contributed by atoms with Crippen molar-refractivity contribution in [1.29, 1.82) is 0 Å². The van der Waals surface area contributed by atoms with Crippen molar-refractivity contribution in [3.8, 4) is 0 Å². The van der Waals surface area contributed by atoms with Crippen LogP contribution in [-0.4, -0.2) is 6.17 Å². The smallest absolute Gasteiger partial charge is 0.103 e. The van der Waals surface area contributed by atoms with Crippen molar-refractivity contribution in [2.24, 2.45) is 29.6 Å². The van der Waals surface area contributed by atoms with Crippen molar-refractivity contribution in [3.63, 3.8) is 0 Å². The van der Waals surface area contributed by atoms with E-state index in [1.54, 1.807) is 0 Å². The van der Waals surface area contributed by atoms with Crippen molar-refractivity contribution in [3.05, 3.63) is 0 Å². The lowest BCUT2D eigenvalue weighted by Crippen LogP contribution is -2.34. The van der Waals surface area contributed by atoms with Crippen LogP contribution in [0.25, 0.3) is 0 Å². The Morgan fingerprint density at radius 3 is 2.19 bits per heavy atom. The first-order valence-corrected chi connectivity index (χ1v) is 7.22. The Labute approximate surface area is 100 Å². The molecule has 0 heterocycles. The molecule has 0 amide bonds. The molecular weight excluding hydrogens is 199 g/mol. The molecule has 0 nitrogen and oxygen atoms in total. The highest BCUT2D eigenvalue weighted by Crippen LogP contribution is 2.44. The molecule has 2 aliphatic rings. The highest BCUT2D eigenvalue weighted by Gasteiger charge is 2.36. The zero-order valence-electron chi connectivity index (χ0n) is 11.1. The molecule has 94 valence electrons. The molecule has 0 radical (unpaired) electrons. The van der Waals surface area contributed by atoms with E-state index in [1.807, 2.05) is 0 Å². The summed E-state index contributed by atoms with van der Waals surface area (Å²) in [4.78, 5) is 0. The first-order chi connectivity index (χ1) is 7.58. The van der Waals surface area contributed by atoms with E-state index in [2.05, 4.69) is 20.8 Å². The number of rotatable bonds is 1. The fourth-order valence-electron chi connectivity index (χ4n) is 4.08. The molecule has 16 heavy (non-hydrogen) atoms. The molecule has 0 aliphatic heterocycles. The molecule has 0 aromatic carbocycles. The molecule has 0 saturated heterocycles. The minimum absolute atomic E-state index is 0.314. The summed E-state index contributed by atoms with van der Waals surface area (Å²) in [6.45, 7) is 6.84. The highest BCUT2D eigenvalue weighted by atomic mass is 19.1. The molecule has 0 aromatic heterocycles. The van der Waals surface area contributed by atoms with Crippen LogP contribution in [-0.2, 0) is 0 Å². The Morgan fingerprint density at radius 1 is 0.812 bits per heavy atom. The van der Waals surface area contributed by atoms with Gasteiger partial charge in [0.25, 0.3) is 0 Å². The summed E-state index contributed by atoms with van der Waals surface area (Å²) in [6.07, 6.45) is 6.82.